The number of amides is 1. The van der Waals surface area contributed by atoms with Gasteiger partial charge in [-0.05, 0) is 62.8 Å². The van der Waals surface area contributed by atoms with Gasteiger partial charge in [0.1, 0.15) is 17.4 Å². The molecule has 0 bridgehead atoms. The SMILES string of the molecule is CC(=O)Nc1ccc(-c2cc(F)cc(C(C=NC3CCN(C)CC3)=CN)c2O)cc1F. The molecule has 6 nitrogen and oxygen atoms in total. The smallest absolute Gasteiger partial charge is 0.221 e. The van der Waals surface area contributed by atoms with Gasteiger partial charge in [-0.15, -0.1) is 0 Å². The van der Waals surface area contributed by atoms with Crippen LogP contribution in [0.25, 0.3) is 16.7 Å². The van der Waals surface area contributed by atoms with Gasteiger partial charge < -0.3 is 21.1 Å². The summed E-state index contributed by atoms with van der Waals surface area (Å²) in [5.74, 6) is -1.96. The molecule has 8 heteroatoms. The summed E-state index contributed by atoms with van der Waals surface area (Å²) in [6, 6.07) is 6.40. The van der Waals surface area contributed by atoms with E-state index < -0.39 is 17.5 Å². The van der Waals surface area contributed by atoms with E-state index in [4.69, 9.17) is 5.73 Å². The Morgan fingerprint density at radius 3 is 2.58 bits per heavy atom. The van der Waals surface area contributed by atoms with Gasteiger partial charge in [0.15, 0.2) is 0 Å². The predicted octanol–water partition coefficient (Wildman–Crippen LogP) is 3.76. The number of piperidine rings is 1. The van der Waals surface area contributed by atoms with Crippen LogP contribution in [0.4, 0.5) is 14.5 Å². The van der Waals surface area contributed by atoms with Crippen LogP contribution >= 0.6 is 0 Å². The van der Waals surface area contributed by atoms with Crippen molar-refractivity contribution in [2.24, 2.45) is 10.7 Å². The summed E-state index contributed by atoms with van der Waals surface area (Å²) >= 11 is 0. The largest absolute Gasteiger partial charge is 0.507 e. The van der Waals surface area contributed by atoms with Gasteiger partial charge in [-0.1, -0.05) is 6.07 Å². The van der Waals surface area contributed by atoms with Crippen molar-refractivity contribution in [1.29, 1.82) is 0 Å². The monoisotopic (exact) mass is 428 g/mol. The van der Waals surface area contributed by atoms with Crippen molar-refractivity contribution < 1.29 is 18.7 Å². The fourth-order valence-electron chi connectivity index (χ4n) is 3.55. The first-order valence-corrected chi connectivity index (χ1v) is 10.0. The van der Waals surface area contributed by atoms with E-state index in [2.05, 4.69) is 22.3 Å². The molecule has 1 amide bonds. The number of likely N-dealkylation sites (tertiary alicyclic amines) is 1. The first-order valence-electron chi connectivity index (χ1n) is 10.0. The molecule has 1 fully saturated rings. The van der Waals surface area contributed by atoms with Crippen LogP contribution in [0.5, 0.6) is 5.75 Å². The zero-order valence-electron chi connectivity index (χ0n) is 17.5. The fraction of sp³-hybridized carbons (Fsp3) is 0.304. The number of halogens is 2. The maximum atomic E-state index is 14.4. The number of allylic oxidation sites excluding steroid dienone is 1. The number of nitrogens with two attached hydrogens (primary N) is 1. The fourth-order valence-corrected chi connectivity index (χ4v) is 3.55. The predicted molar refractivity (Wildman–Crippen MR) is 119 cm³/mol. The van der Waals surface area contributed by atoms with Crippen LogP contribution < -0.4 is 11.1 Å². The Kier molecular flexibility index (Phi) is 7.02. The van der Waals surface area contributed by atoms with Gasteiger partial charge in [0.2, 0.25) is 5.91 Å². The number of benzene rings is 2. The number of hydrogen-bond acceptors (Lipinski definition) is 5. The van der Waals surface area contributed by atoms with E-state index in [0.717, 1.165) is 38.1 Å². The number of aliphatic imine (C=N–C) groups is 1. The third kappa shape index (κ3) is 5.46. The molecule has 31 heavy (non-hydrogen) atoms. The molecule has 2 aromatic rings. The van der Waals surface area contributed by atoms with E-state index in [9.17, 15) is 18.7 Å². The number of nitrogens with one attached hydrogen (secondary N) is 1. The minimum atomic E-state index is -0.698. The van der Waals surface area contributed by atoms with Crippen molar-refractivity contribution in [1.82, 2.24) is 4.90 Å². The number of phenols is 1. The summed E-state index contributed by atoms with van der Waals surface area (Å²) in [6.07, 6.45) is 4.63. The summed E-state index contributed by atoms with van der Waals surface area (Å²) in [6.45, 7) is 3.16. The lowest BCUT2D eigenvalue weighted by Gasteiger charge is -2.26. The Morgan fingerprint density at radius 2 is 1.97 bits per heavy atom. The van der Waals surface area contributed by atoms with Crippen molar-refractivity contribution >= 4 is 23.4 Å². The van der Waals surface area contributed by atoms with E-state index >= 15 is 0 Å². The molecule has 164 valence electrons. The standard InChI is InChI=1S/C23H26F2N4O2/c1-14(30)28-22-4-3-15(9-21(22)25)19-10-17(24)11-20(23(19)31)16(12-26)13-27-18-5-7-29(2)8-6-18/h3-4,9-13,18,31H,5-8,26H2,1-2H3,(H,28,30). The topological polar surface area (TPSA) is 91.0 Å². The Balaban J connectivity index is 1.93. The van der Waals surface area contributed by atoms with Crippen LogP contribution in [-0.2, 0) is 4.79 Å². The third-order valence-electron chi connectivity index (χ3n) is 5.27. The van der Waals surface area contributed by atoms with Gasteiger partial charge >= 0.3 is 0 Å². The second-order valence-electron chi connectivity index (χ2n) is 7.66. The maximum Gasteiger partial charge on any atom is 0.221 e. The first-order chi connectivity index (χ1) is 14.8. The second kappa shape index (κ2) is 9.70. The summed E-state index contributed by atoms with van der Waals surface area (Å²) in [4.78, 5) is 18.0. The summed E-state index contributed by atoms with van der Waals surface area (Å²) in [5.41, 5.74) is 6.65. The number of phenolic OH excluding ortho intramolecular Hbond substituents is 1. The van der Waals surface area contributed by atoms with Crippen molar-refractivity contribution in [3.8, 4) is 16.9 Å². The van der Waals surface area contributed by atoms with Gasteiger partial charge in [0, 0.05) is 36.0 Å². The normalized spacial score (nSPS) is 16.1. The molecule has 4 N–H and O–H groups in total. The minimum Gasteiger partial charge on any atom is -0.507 e. The Labute approximate surface area is 180 Å². The Morgan fingerprint density at radius 1 is 1.26 bits per heavy atom. The summed E-state index contributed by atoms with van der Waals surface area (Å²) in [5, 5.41) is 13.2. The van der Waals surface area contributed by atoms with E-state index in [1.807, 2.05) is 0 Å². The van der Waals surface area contributed by atoms with Crippen LogP contribution in [0.15, 0.2) is 41.5 Å². The summed E-state index contributed by atoms with van der Waals surface area (Å²) in [7, 11) is 2.06. The van der Waals surface area contributed by atoms with Gasteiger partial charge in [-0.3, -0.25) is 9.79 Å². The highest BCUT2D eigenvalue weighted by molar-refractivity contribution is 6.11. The average Bonchev–Trinajstić information content (AvgIpc) is 2.73. The first kappa shape index (κ1) is 22.4. The molecule has 1 aliphatic rings. The molecule has 1 aliphatic heterocycles. The molecular weight excluding hydrogens is 402 g/mol. The van der Waals surface area contributed by atoms with Crippen LogP contribution in [0, 0.1) is 11.6 Å². The Bertz CT molecular complexity index is 1030. The zero-order valence-corrected chi connectivity index (χ0v) is 17.5. The maximum absolute atomic E-state index is 14.4. The lowest BCUT2D eigenvalue weighted by molar-refractivity contribution is -0.114. The van der Waals surface area contributed by atoms with E-state index in [1.54, 1.807) is 6.21 Å². The Hall–Kier alpha value is -3.26. The van der Waals surface area contributed by atoms with Gasteiger partial charge in [0.25, 0.3) is 0 Å². The highest BCUT2D eigenvalue weighted by Crippen LogP contribution is 2.37. The molecule has 0 unspecified atom stereocenters. The van der Waals surface area contributed by atoms with Crippen LogP contribution in [-0.4, -0.2) is 48.3 Å². The molecule has 0 saturated carbocycles. The van der Waals surface area contributed by atoms with Crippen LogP contribution in [0.2, 0.25) is 0 Å². The van der Waals surface area contributed by atoms with Gasteiger partial charge in [-0.25, -0.2) is 8.78 Å². The highest BCUT2D eigenvalue weighted by Gasteiger charge is 2.18. The molecule has 2 aromatic carbocycles. The van der Waals surface area contributed by atoms with E-state index in [-0.39, 0.29) is 34.2 Å². The average molecular weight is 428 g/mol. The highest BCUT2D eigenvalue weighted by atomic mass is 19.1. The summed E-state index contributed by atoms with van der Waals surface area (Å²) < 4.78 is 28.8. The van der Waals surface area contributed by atoms with E-state index in [1.165, 1.54) is 31.3 Å². The van der Waals surface area contributed by atoms with Crippen molar-refractivity contribution in [2.75, 3.05) is 25.5 Å². The van der Waals surface area contributed by atoms with Crippen LogP contribution in [0.1, 0.15) is 25.3 Å². The number of carbonyl (C=O) groups excluding carboxylic acids is 1. The minimum absolute atomic E-state index is 0.000157. The zero-order chi connectivity index (χ0) is 22.5. The number of anilines is 1. The quantitative estimate of drug-likeness (QED) is 0.633. The van der Waals surface area contributed by atoms with Crippen molar-refractivity contribution in [3.63, 3.8) is 0 Å². The lowest BCUT2D eigenvalue weighted by Crippen LogP contribution is -2.32. The molecule has 0 aromatic heterocycles. The molecule has 1 saturated heterocycles. The van der Waals surface area contributed by atoms with Crippen LogP contribution in [0.3, 0.4) is 0 Å². The van der Waals surface area contributed by atoms with Gasteiger partial charge in [0.05, 0.1) is 11.7 Å². The molecule has 3 rings (SSSR count). The molecule has 0 spiro atoms. The van der Waals surface area contributed by atoms with E-state index in [0.29, 0.717) is 5.57 Å². The van der Waals surface area contributed by atoms with Crippen molar-refractivity contribution in [3.05, 3.63) is 53.7 Å². The number of carbonyl (C=O) groups is 1. The number of rotatable bonds is 5. The van der Waals surface area contributed by atoms with Crippen molar-refractivity contribution in [2.45, 2.75) is 25.8 Å². The molecule has 0 atom stereocenters. The number of hydrogen-bond donors (Lipinski definition) is 3. The molecule has 1 heterocycles. The molecule has 0 aliphatic carbocycles. The lowest BCUT2D eigenvalue weighted by atomic mass is 9.97. The second-order valence-corrected chi connectivity index (χ2v) is 7.66. The van der Waals surface area contributed by atoms with Gasteiger partial charge in [-0.2, -0.15) is 0 Å². The molecule has 0 radical (unpaired) electrons. The third-order valence-corrected chi connectivity index (χ3v) is 5.27. The number of aromatic hydroxyl groups is 1. The molecular formula is C23H26F2N4O2. The number of nitrogens with zero attached hydrogens (tertiary/aromatic N) is 2.